The van der Waals surface area contributed by atoms with Gasteiger partial charge < -0.3 is 9.64 Å². The Hall–Kier alpha value is -3.03. The summed E-state index contributed by atoms with van der Waals surface area (Å²) in [6, 6.07) is 15.6. The van der Waals surface area contributed by atoms with Crippen molar-refractivity contribution in [1.82, 2.24) is 19.4 Å². The van der Waals surface area contributed by atoms with Gasteiger partial charge in [0.25, 0.3) is 5.56 Å². The first-order valence-corrected chi connectivity index (χ1v) is 10.7. The third-order valence-corrected chi connectivity index (χ3v) is 6.24. The summed E-state index contributed by atoms with van der Waals surface area (Å²) in [4.78, 5) is 35.2. The van der Waals surface area contributed by atoms with Crippen LogP contribution in [0.3, 0.4) is 0 Å². The SMILES string of the molecule is Cc1ccc([C@H](CN2CCOCC2)N2Cc3nc4ccccc4c(=O)n3CC2=O)cc1. The average Bonchev–Trinajstić information content (AvgIpc) is 2.79. The molecule has 1 atom stereocenters. The molecule has 0 unspecified atom stereocenters. The van der Waals surface area contributed by atoms with Crippen LogP contribution in [0.25, 0.3) is 10.9 Å². The van der Waals surface area contributed by atoms with Crippen molar-refractivity contribution in [3.63, 3.8) is 0 Å². The second kappa shape index (κ2) is 8.24. The minimum atomic E-state index is -0.145. The smallest absolute Gasteiger partial charge is 0.261 e. The minimum absolute atomic E-state index is 0.0253. The maximum Gasteiger partial charge on any atom is 0.261 e. The fraction of sp³-hybridized carbons (Fsp3) is 0.375. The van der Waals surface area contributed by atoms with Gasteiger partial charge in [-0.3, -0.25) is 19.1 Å². The Morgan fingerprint density at radius 3 is 2.52 bits per heavy atom. The van der Waals surface area contributed by atoms with Gasteiger partial charge in [0.05, 0.1) is 36.7 Å². The monoisotopic (exact) mass is 418 g/mol. The molecule has 1 saturated heterocycles. The van der Waals surface area contributed by atoms with Crippen molar-refractivity contribution < 1.29 is 9.53 Å². The zero-order valence-electron chi connectivity index (χ0n) is 17.7. The zero-order chi connectivity index (χ0) is 21.4. The van der Waals surface area contributed by atoms with E-state index in [9.17, 15) is 9.59 Å². The number of aryl methyl sites for hydroxylation is 1. The van der Waals surface area contributed by atoms with Crippen molar-refractivity contribution in [3.05, 3.63) is 75.8 Å². The predicted octanol–water partition coefficient (Wildman–Crippen LogP) is 2.12. The van der Waals surface area contributed by atoms with Crippen LogP contribution in [0.2, 0.25) is 0 Å². The van der Waals surface area contributed by atoms with E-state index < -0.39 is 0 Å². The maximum absolute atomic E-state index is 13.3. The average molecular weight is 418 g/mol. The Morgan fingerprint density at radius 2 is 1.74 bits per heavy atom. The summed E-state index contributed by atoms with van der Waals surface area (Å²) in [5.41, 5.74) is 2.81. The lowest BCUT2D eigenvalue weighted by Gasteiger charge is -2.39. The molecule has 7 nitrogen and oxygen atoms in total. The summed E-state index contributed by atoms with van der Waals surface area (Å²) in [6.45, 7) is 6.26. The van der Waals surface area contributed by atoms with Crippen molar-refractivity contribution in [1.29, 1.82) is 0 Å². The number of para-hydroxylation sites is 1. The standard InChI is InChI=1S/C24H26N4O3/c1-17-6-8-18(9-7-17)21(14-26-10-12-31-13-11-26)27-15-22-25-20-5-3-2-4-19(20)24(30)28(22)16-23(27)29/h2-9,21H,10-16H2,1H3/t21-/m0/s1. The lowest BCUT2D eigenvalue weighted by atomic mass is 10.0. The van der Waals surface area contributed by atoms with Crippen LogP contribution < -0.4 is 5.56 Å². The Kier molecular flexibility index (Phi) is 5.29. The Balaban J connectivity index is 1.52. The first-order valence-electron chi connectivity index (χ1n) is 10.7. The molecule has 3 aromatic rings. The number of amides is 1. The largest absolute Gasteiger partial charge is 0.379 e. The lowest BCUT2D eigenvalue weighted by Crippen LogP contribution is -2.49. The van der Waals surface area contributed by atoms with Gasteiger partial charge in [0.2, 0.25) is 5.91 Å². The maximum atomic E-state index is 13.3. The Bertz CT molecular complexity index is 1170. The molecule has 0 bridgehead atoms. The van der Waals surface area contributed by atoms with E-state index >= 15 is 0 Å². The molecule has 5 rings (SSSR count). The number of fused-ring (bicyclic) bond motifs is 2. The molecular weight excluding hydrogens is 392 g/mol. The van der Waals surface area contributed by atoms with Crippen LogP contribution in [0.5, 0.6) is 0 Å². The summed E-state index contributed by atoms with van der Waals surface area (Å²) in [7, 11) is 0. The number of carbonyl (C=O) groups is 1. The third kappa shape index (κ3) is 3.86. The first kappa shape index (κ1) is 19.9. The van der Waals surface area contributed by atoms with E-state index in [0.29, 0.717) is 36.5 Å². The number of nitrogens with zero attached hydrogens (tertiary/aromatic N) is 4. The molecule has 0 radical (unpaired) electrons. The predicted molar refractivity (Wildman–Crippen MR) is 118 cm³/mol. The molecule has 7 heteroatoms. The zero-order valence-corrected chi connectivity index (χ0v) is 17.7. The second-order valence-corrected chi connectivity index (χ2v) is 8.30. The van der Waals surface area contributed by atoms with Crippen molar-refractivity contribution in [2.45, 2.75) is 26.1 Å². The minimum Gasteiger partial charge on any atom is -0.379 e. The van der Waals surface area contributed by atoms with E-state index in [0.717, 1.165) is 25.2 Å². The molecule has 160 valence electrons. The fourth-order valence-electron chi connectivity index (χ4n) is 4.45. The van der Waals surface area contributed by atoms with E-state index in [1.165, 1.54) is 10.1 Å². The van der Waals surface area contributed by atoms with E-state index in [1.54, 1.807) is 6.07 Å². The normalized spacial score (nSPS) is 18.2. The van der Waals surface area contributed by atoms with Crippen LogP contribution in [0.15, 0.2) is 53.3 Å². The number of morpholine rings is 1. The number of rotatable bonds is 4. The summed E-state index contributed by atoms with van der Waals surface area (Å²) >= 11 is 0. The first-order chi connectivity index (χ1) is 15.1. The van der Waals surface area contributed by atoms with Gasteiger partial charge in [0.15, 0.2) is 0 Å². The molecular formula is C24H26N4O3. The molecule has 1 amide bonds. The van der Waals surface area contributed by atoms with Crippen molar-refractivity contribution in [2.24, 2.45) is 0 Å². The molecule has 2 aliphatic rings. The molecule has 1 fully saturated rings. The van der Waals surface area contributed by atoms with Gasteiger partial charge in [-0.15, -0.1) is 0 Å². The van der Waals surface area contributed by atoms with Gasteiger partial charge >= 0.3 is 0 Å². The number of hydrogen-bond donors (Lipinski definition) is 0. The van der Waals surface area contributed by atoms with Crippen molar-refractivity contribution in [2.75, 3.05) is 32.8 Å². The van der Waals surface area contributed by atoms with Gasteiger partial charge in [0.1, 0.15) is 12.4 Å². The number of ether oxygens (including phenoxy) is 1. The number of hydrogen-bond acceptors (Lipinski definition) is 5. The van der Waals surface area contributed by atoms with Crippen LogP contribution in [0.4, 0.5) is 0 Å². The highest BCUT2D eigenvalue weighted by Gasteiger charge is 2.33. The molecule has 2 aliphatic heterocycles. The molecule has 0 saturated carbocycles. The summed E-state index contributed by atoms with van der Waals surface area (Å²) in [5.74, 6) is 0.591. The highest BCUT2D eigenvalue weighted by Crippen LogP contribution is 2.27. The van der Waals surface area contributed by atoms with Gasteiger partial charge in [-0.1, -0.05) is 42.0 Å². The van der Waals surface area contributed by atoms with E-state index in [2.05, 4.69) is 36.1 Å². The summed E-state index contributed by atoms with van der Waals surface area (Å²) in [6.07, 6.45) is 0. The molecule has 2 aromatic carbocycles. The summed E-state index contributed by atoms with van der Waals surface area (Å²) < 4.78 is 7.03. The molecule has 0 aliphatic carbocycles. The van der Waals surface area contributed by atoms with E-state index in [4.69, 9.17) is 9.72 Å². The van der Waals surface area contributed by atoms with E-state index in [1.807, 2.05) is 23.1 Å². The van der Waals surface area contributed by atoms with Crippen LogP contribution in [-0.2, 0) is 22.6 Å². The second-order valence-electron chi connectivity index (χ2n) is 8.30. The van der Waals surface area contributed by atoms with Gasteiger partial charge in [0, 0.05) is 19.6 Å². The molecule has 0 N–H and O–H groups in total. The molecule has 3 heterocycles. The lowest BCUT2D eigenvalue weighted by molar-refractivity contribution is -0.138. The number of benzene rings is 2. The van der Waals surface area contributed by atoms with Crippen molar-refractivity contribution in [3.8, 4) is 0 Å². The van der Waals surface area contributed by atoms with Gasteiger partial charge in [-0.2, -0.15) is 0 Å². The third-order valence-electron chi connectivity index (χ3n) is 6.24. The van der Waals surface area contributed by atoms with Crippen LogP contribution in [-0.4, -0.2) is 58.1 Å². The molecule has 0 spiro atoms. The quantitative estimate of drug-likeness (QED) is 0.649. The van der Waals surface area contributed by atoms with Crippen LogP contribution >= 0.6 is 0 Å². The summed E-state index contributed by atoms with van der Waals surface area (Å²) in [5, 5.41) is 0.552. The number of carbonyl (C=O) groups excluding carboxylic acids is 1. The van der Waals surface area contributed by atoms with Crippen molar-refractivity contribution >= 4 is 16.8 Å². The van der Waals surface area contributed by atoms with Crippen LogP contribution in [0.1, 0.15) is 23.0 Å². The van der Waals surface area contributed by atoms with Gasteiger partial charge in [-0.05, 0) is 24.6 Å². The number of aromatic nitrogens is 2. The fourth-order valence-corrected chi connectivity index (χ4v) is 4.45. The van der Waals surface area contributed by atoms with Gasteiger partial charge in [-0.25, -0.2) is 4.98 Å². The highest BCUT2D eigenvalue weighted by atomic mass is 16.5. The molecule has 1 aromatic heterocycles. The van der Waals surface area contributed by atoms with Crippen LogP contribution in [0, 0.1) is 6.92 Å². The Morgan fingerprint density at radius 1 is 1.00 bits per heavy atom. The topological polar surface area (TPSA) is 67.7 Å². The van der Waals surface area contributed by atoms with E-state index in [-0.39, 0.29) is 24.1 Å². The Labute approximate surface area is 180 Å². The highest BCUT2D eigenvalue weighted by molar-refractivity contribution is 5.80. The molecule has 31 heavy (non-hydrogen) atoms.